The molecule has 3 aromatic rings. The van der Waals surface area contributed by atoms with E-state index in [1.54, 1.807) is 29.2 Å². The van der Waals surface area contributed by atoms with Crippen molar-refractivity contribution in [1.82, 2.24) is 14.8 Å². The van der Waals surface area contributed by atoms with Gasteiger partial charge in [-0.05, 0) is 35.9 Å². The molecule has 34 heavy (non-hydrogen) atoms. The third-order valence-corrected chi connectivity index (χ3v) is 5.73. The number of H-pyrrole nitrogens is 1. The van der Waals surface area contributed by atoms with Crippen LogP contribution in [0.1, 0.15) is 26.3 Å². The number of carbonyl (C=O) groups is 4. The van der Waals surface area contributed by atoms with Gasteiger partial charge in [0, 0.05) is 49.4 Å². The summed E-state index contributed by atoms with van der Waals surface area (Å²) in [7, 11) is 1.24. The van der Waals surface area contributed by atoms with Gasteiger partial charge in [-0.3, -0.25) is 14.4 Å². The second-order valence-electron chi connectivity index (χ2n) is 7.73. The molecule has 0 atom stereocenters. The highest BCUT2D eigenvalue weighted by Crippen LogP contribution is 2.27. The lowest BCUT2D eigenvalue weighted by molar-refractivity contribution is -0.134. The molecule has 1 aliphatic heterocycles. The van der Waals surface area contributed by atoms with Crippen molar-refractivity contribution in [2.45, 2.75) is 0 Å². The summed E-state index contributed by atoms with van der Waals surface area (Å²) in [4.78, 5) is 55.7. The van der Waals surface area contributed by atoms with E-state index in [9.17, 15) is 23.6 Å². The zero-order valence-electron chi connectivity index (χ0n) is 18.4. The summed E-state index contributed by atoms with van der Waals surface area (Å²) in [5.74, 6) is -2.99. The third kappa shape index (κ3) is 4.45. The molecule has 1 aliphatic rings. The quantitative estimate of drug-likeness (QED) is 0.271. The van der Waals surface area contributed by atoms with E-state index in [0.717, 1.165) is 0 Å². The Kier molecular flexibility index (Phi) is 6.53. The van der Waals surface area contributed by atoms with Gasteiger partial charge in [0.2, 0.25) is 0 Å². The summed E-state index contributed by atoms with van der Waals surface area (Å²) >= 11 is 0. The molecule has 0 radical (unpaired) electrons. The van der Waals surface area contributed by atoms with Gasteiger partial charge in [-0.2, -0.15) is 0 Å². The van der Waals surface area contributed by atoms with Crippen LogP contribution in [0.4, 0.5) is 4.39 Å². The Labute approximate surface area is 194 Å². The van der Waals surface area contributed by atoms with E-state index in [1.165, 1.54) is 42.5 Å². The first-order valence-corrected chi connectivity index (χ1v) is 10.6. The Morgan fingerprint density at radius 1 is 0.971 bits per heavy atom. The molecule has 0 aliphatic carbocycles. The highest BCUT2D eigenvalue weighted by Gasteiger charge is 2.30. The van der Waals surface area contributed by atoms with Crippen molar-refractivity contribution in [2.24, 2.45) is 0 Å². The first-order valence-electron chi connectivity index (χ1n) is 10.6. The Balaban J connectivity index is 1.50. The second-order valence-corrected chi connectivity index (χ2v) is 7.73. The maximum Gasteiger partial charge on any atom is 0.330 e. The molecule has 0 unspecified atom stereocenters. The molecule has 2 heterocycles. The molecule has 8 nitrogen and oxygen atoms in total. The topological polar surface area (TPSA) is 99.8 Å². The number of halogens is 1. The number of ketones is 1. The summed E-state index contributed by atoms with van der Waals surface area (Å²) in [5, 5.41) is -0.0248. The number of amides is 2. The fourth-order valence-corrected chi connectivity index (χ4v) is 3.91. The van der Waals surface area contributed by atoms with Crippen molar-refractivity contribution in [3.63, 3.8) is 0 Å². The van der Waals surface area contributed by atoms with Gasteiger partial charge >= 0.3 is 5.97 Å². The standard InChI is InChI=1S/C25H22FN3O5/c1-34-20(30)10-8-16-7-9-19(26)21-18(15-27-22(16)21)23(31)25(33)29-13-11-28(12-14-29)24(32)17-5-3-2-4-6-17/h2-10,15,27H,11-14H2,1H3. The smallest absolute Gasteiger partial charge is 0.330 e. The van der Waals surface area contributed by atoms with Gasteiger partial charge in [0.15, 0.2) is 0 Å². The van der Waals surface area contributed by atoms with Crippen LogP contribution in [0, 0.1) is 5.82 Å². The molecule has 174 valence electrons. The number of esters is 1. The van der Waals surface area contributed by atoms with Crippen molar-refractivity contribution < 1.29 is 28.3 Å². The summed E-state index contributed by atoms with van der Waals surface area (Å²) in [5.41, 5.74) is 1.22. The number of hydrogen-bond acceptors (Lipinski definition) is 5. The molecular weight excluding hydrogens is 441 g/mol. The number of aromatic amines is 1. The SMILES string of the molecule is COC(=O)C=Cc1ccc(F)c2c(C(=O)C(=O)N3CCN(C(=O)c4ccccc4)CC3)c[nH]c12. The van der Waals surface area contributed by atoms with E-state index < -0.39 is 23.5 Å². The Bertz CT molecular complexity index is 1290. The number of nitrogens with zero attached hydrogens (tertiary/aromatic N) is 2. The summed E-state index contributed by atoms with van der Waals surface area (Å²) in [6, 6.07) is 11.5. The average Bonchev–Trinajstić information content (AvgIpc) is 3.33. The molecule has 2 amide bonds. The summed E-state index contributed by atoms with van der Waals surface area (Å²) < 4.78 is 19.2. The molecular formula is C25H22FN3O5. The van der Waals surface area contributed by atoms with Crippen LogP contribution in [0.5, 0.6) is 0 Å². The van der Waals surface area contributed by atoms with Crippen LogP contribution in [0.15, 0.2) is 54.7 Å². The van der Waals surface area contributed by atoms with Gasteiger partial charge in [-0.1, -0.05) is 18.2 Å². The van der Waals surface area contributed by atoms with Gasteiger partial charge in [0.25, 0.3) is 17.6 Å². The minimum Gasteiger partial charge on any atom is -0.466 e. The average molecular weight is 463 g/mol. The van der Waals surface area contributed by atoms with Crippen molar-refractivity contribution in [3.8, 4) is 0 Å². The predicted molar refractivity (Wildman–Crippen MR) is 123 cm³/mol. The fourth-order valence-electron chi connectivity index (χ4n) is 3.91. The highest BCUT2D eigenvalue weighted by molar-refractivity contribution is 6.45. The van der Waals surface area contributed by atoms with Gasteiger partial charge in [0.05, 0.1) is 18.2 Å². The number of hydrogen-bond donors (Lipinski definition) is 1. The van der Waals surface area contributed by atoms with Crippen LogP contribution in [0.2, 0.25) is 0 Å². The van der Waals surface area contributed by atoms with E-state index in [4.69, 9.17) is 0 Å². The number of rotatable bonds is 5. The maximum atomic E-state index is 14.6. The van der Waals surface area contributed by atoms with Crippen LogP contribution < -0.4 is 0 Å². The fraction of sp³-hybridized carbons (Fsp3) is 0.200. The first kappa shape index (κ1) is 22.9. The zero-order chi connectivity index (χ0) is 24.2. The number of benzene rings is 2. The number of nitrogens with one attached hydrogen (secondary N) is 1. The molecule has 1 N–H and O–H groups in total. The van der Waals surface area contributed by atoms with E-state index >= 15 is 0 Å². The normalized spacial score (nSPS) is 13.9. The van der Waals surface area contributed by atoms with E-state index in [0.29, 0.717) is 11.1 Å². The lowest BCUT2D eigenvalue weighted by Crippen LogP contribution is -2.52. The molecule has 1 aromatic heterocycles. The molecule has 4 rings (SSSR count). The number of piperazine rings is 1. The van der Waals surface area contributed by atoms with Crippen molar-refractivity contribution in [2.75, 3.05) is 33.3 Å². The van der Waals surface area contributed by atoms with E-state index in [2.05, 4.69) is 9.72 Å². The molecule has 2 aromatic carbocycles. The molecule has 0 saturated carbocycles. The van der Waals surface area contributed by atoms with Gasteiger partial charge in [-0.25, -0.2) is 9.18 Å². The van der Waals surface area contributed by atoms with E-state index in [1.807, 2.05) is 6.07 Å². The number of Topliss-reactive ketones (excluding diaryl/α,β-unsaturated/α-hetero) is 1. The van der Waals surface area contributed by atoms with Crippen molar-refractivity contribution in [1.29, 1.82) is 0 Å². The Hall–Kier alpha value is -4.27. The number of fused-ring (bicyclic) bond motifs is 1. The second kappa shape index (κ2) is 9.70. The zero-order valence-corrected chi connectivity index (χ0v) is 18.4. The van der Waals surface area contributed by atoms with Crippen LogP contribution in [-0.2, 0) is 14.3 Å². The predicted octanol–water partition coefficient (Wildman–Crippen LogP) is 2.66. The number of ether oxygens (including phenoxy) is 1. The van der Waals surface area contributed by atoms with Crippen LogP contribution in [-0.4, -0.2) is 71.6 Å². The monoisotopic (exact) mass is 463 g/mol. The molecule has 9 heteroatoms. The summed E-state index contributed by atoms with van der Waals surface area (Å²) in [6.45, 7) is 0.969. The van der Waals surface area contributed by atoms with Crippen LogP contribution in [0.3, 0.4) is 0 Å². The van der Waals surface area contributed by atoms with Gasteiger partial charge in [0.1, 0.15) is 5.82 Å². The van der Waals surface area contributed by atoms with Crippen molar-refractivity contribution in [3.05, 3.63) is 77.2 Å². The van der Waals surface area contributed by atoms with Gasteiger partial charge < -0.3 is 19.5 Å². The minimum absolute atomic E-state index is 0.0248. The maximum absolute atomic E-state index is 14.6. The van der Waals surface area contributed by atoms with Gasteiger partial charge in [-0.15, -0.1) is 0 Å². The molecule has 0 spiro atoms. The minimum atomic E-state index is -0.845. The lowest BCUT2D eigenvalue weighted by Gasteiger charge is -2.34. The van der Waals surface area contributed by atoms with Crippen LogP contribution in [0.25, 0.3) is 17.0 Å². The third-order valence-electron chi connectivity index (χ3n) is 5.73. The molecule has 1 fully saturated rings. The Morgan fingerprint density at radius 2 is 1.65 bits per heavy atom. The summed E-state index contributed by atoms with van der Waals surface area (Å²) in [6.07, 6.45) is 3.90. The van der Waals surface area contributed by atoms with Crippen LogP contribution >= 0.6 is 0 Å². The molecule has 1 saturated heterocycles. The Morgan fingerprint density at radius 3 is 2.32 bits per heavy atom. The van der Waals surface area contributed by atoms with Crippen molar-refractivity contribution >= 4 is 40.5 Å². The number of methoxy groups -OCH3 is 1. The highest BCUT2D eigenvalue weighted by atomic mass is 19.1. The molecule has 0 bridgehead atoms. The largest absolute Gasteiger partial charge is 0.466 e. The lowest BCUT2D eigenvalue weighted by atomic mass is 10.0. The number of carbonyl (C=O) groups excluding carboxylic acids is 4. The first-order chi connectivity index (χ1) is 16.4. The number of aromatic nitrogens is 1. The van der Waals surface area contributed by atoms with E-state index in [-0.39, 0.29) is 48.6 Å².